The molecule has 0 bridgehead atoms. The summed E-state index contributed by atoms with van der Waals surface area (Å²) in [6.07, 6.45) is 2.57. The molecule has 0 saturated heterocycles. The van der Waals surface area contributed by atoms with Crippen molar-refractivity contribution in [3.8, 4) is 17.4 Å². The minimum Gasteiger partial charge on any atom is -0.494 e. The molecule has 6 nitrogen and oxygen atoms in total. The van der Waals surface area contributed by atoms with E-state index in [0.29, 0.717) is 29.3 Å². The number of hydrogen-bond acceptors (Lipinski definition) is 5. The summed E-state index contributed by atoms with van der Waals surface area (Å²) in [5, 5.41) is 7.41. The van der Waals surface area contributed by atoms with Gasteiger partial charge in [0.15, 0.2) is 5.65 Å². The maximum atomic E-state index is 5.86. The zero-order chi connectivity index (χ0) is 14.7. The molecule has 3 aromatic rings. The van der Waals surface area contributed by atoms with Crippen molar-refractivity contribution in [3.05, 3.63) is 35.7 Å². The third kappa shape index (κ3) is 3.05. The largest absolute Gasteiger partial charge is 0.494 e. The van der Waals surface area contributed by atoms with Crippen LogP contribution in [0.3, 0.4) is 0 Å². The Morgan fingerprint density at radius 2 is 1.90 bits per heavy atom. The number of benzene rings is 1. The molecule has 0 aliphatic rings. The predicted molar refractivity (Wildman–Crippen MR) is 79.0 cm³/mol. The number of ether oxygens (including phenoxy) is 2. The number of nitrogens with one attached hydrogen (secondary N) is 1. The van der Waals surface area contributed by atoms with Gasteiger partial charge in [-0.25, -0.2) is 0 Å². The van der Waals surface area contributed by atoms with E-state index in [0.717, 1.165) is 12.2 Å². The molecular formula is C14H13ClN4O2. The van der Waals surface area contributed by atoms with E-state index in [-0.39, 0.29) is 5.28 Å². The van der Waals surface area contributed by atoms with Crippen LogP contribution in [-0.4, -0.2) is 26.8 Å². The lowest BCUT2D eigenvalue weighted by Gasteiger charge is -2.07. The maximum Gasteiger partial charge on any atom is 0.234 e. The Morgan fingerprint density at radius 1 is 1.14 bits per heavy atom. The van der Waals surface area contributed by atoms with E-state index in [2.05, 4.69) is 27.1 Å². The Morgan fingerprint density at radius 3 is 2.67 bits per heavy atom. The van der Waals surface area contributed by atoms with E-state index in [1.165, 1.54) is 0 Å². The van der Waals surface area contributed by atoms with Crippen molar-refractivity contribution in [2.45, 2.75) is 13.3 Å². The van der Waals surface area contributed by atoms with E-state index in [1.54, 1.807) is 6.20 Å². The van der Waals surface area contributed by atoms with E-state index in [1.807, 2.05) is 24.3 Å². The quantitative estimate of drug-likeness (QED) is 0.729. The molecule has 1 N–H and O–H groups in total. The van der Waals surface area contributed by atoms with Gasteiger partial charge in [0, 0.05) is 0 Å². The second-order valence-electron chi connectivity index (χ2n) is 4.35. The maximum absolute atomic E-state index is 5.86. The standard InChI is InChI=1S/C14H13ClN4O2/c1-2-7-20-9-3-5-10(6-4-9)21-13-11-8-16-19-12(11)17-14(15)18-13/h3-6,8H,2,7H2,1H3,(H,16,17,18,19). The monoisotopic (exact) mass is 304 g/mol. The minimum absolute atomic E-state index is 0.102. The SMILES string of the molecule is CCCOc1ccc(Oc2nc(Cl)nc3[nH]ncc23)cc1. The van der Waals surface area contributed by atoms with Gasteiger partial charge in [0.05, 0.1) is 12.8 Å². The Hall–Kier alpha value is -2.34. The van der Waals surface area contributed by atoms with E-state index in [4.69, 9.17) is 21.1 Å². The number of aromatic nitrogens is 4. The third-order valence-electron chi connectivity index (χ3n) is 2.76. The zero-order valence-electron chi connectivity index (χ0n) is 11.3. The first-order valence-electron chi connectivity index (χ1n) is 6.53. The molecule has 0 aliphatic carbocycles. The lowest BCUT2D eigenvalue weighted by atomic mass is 10.3. The van der Waals surface area contributed by atoms with Crippen molar-refractivity contribution in [1.82, 2.24) is 20.2 Å². The van der Waals surface area contributed by atoms with Crippen molar-refractivity contribution in [3.63, 3.8) is 0 Å². The minimum atomic E-state index is 0.102. The molecule has 0 atom stereocenters. The molecule has 0 unspecified atom stereocenters. The highest BCUT2D eigenvalue weighted by Crippen LogP contribution is 2.28. The van der Waals surface area contributed by atoms with Gasteiger partial charge in [-0.2, -0.15) is 15.1 Å². The molecule has 0 radical (unpaired) electrons. The Kier molecular flexibility index (Phi) is 3.87. The highest BCUT2D eigenvalue weighted by molar-refractivity contribution is 6.28. The van der Waals surface area contributed by atoms with E-state index in [9.17, 15) is 0 Å². The van der Waals surface area contributed by atoms with Gasteiger partial charge in [-0.15, -0.1) is 0 Å². The second-order valence-corrected chi connectivity index (χ2v) is 4.69. The second kappa shape index (κ2) is 5.97. The first-order chi connectivity index (χ1) is 10.3. The molecule has 2 heterocycles. The summed E-state index contributed by atoms with van der Waals surface area (Å²) in [5.74, 6) is 1.80. The van der Waals surface area contributed by atoms with Crippen LogP contribution in [0.2, 0.25) is 5.28 Å². The summed E-state index contributed by atoms with van der Waals surface area (Å²) < 4.78 is 11.3. The molecule has 1 aromatic carbocycles. The summed E-state index contributed by atoms with van der Waals surface area (Å²) in [7, 11) is 0. The lowest BCUT2D eigenvalue weighted by molar-refractivity contribution is 0.317. The molecule has 3 rings (SSSR count). The fourth-order valence-corrected chi connectivity index (χ4v) is 1.96. The van der Waals surface area contributed by atoms with Crippen molar-refractivity contribution < 1.29 is 9.47 Å². The average molecular weight is 305 g/mol. The number of H-pyrrole nitrogens is 1. The normalized spacial score (nSPS) is 10.8. The van der Waals surface area contributed by atoms with Gasteiger partial charge in [-0.1, -0.05) is 6.92 Å². The van der Waals surface area contributed by atoms with Gasteiger partial charge in [-0.05, 0) is 42.3 Å². The summed E-state index contributed by atoms with van der Waals surface area (Å²) in [6.45, 7) is 2.75. The summed E-state index contributed by atoms with van der Waals surface area (Å²) in [6, 6.07) is 7.32. The van der Waals surface area contributed by atoms with Crippen LogP contribution in [0.5, 0.6) is 17.4 Å². The van der Waals surface area contributed by atoms with Crippen LogP contribution >= 0.6 is 11.6 Å². The summed E-state index contributed by atoms with van der Waals surface area (Å²) in [4.78, 5) is 8.10. The zero-order valence-corrected chi connectivity index (χ0v) is 12.1. The fourth-order valence-electron chi connectivity index (χ4n) is 1.80. The molecular weight excluding hydrogens is 292 g/mol. The van der Waals surface area contributed by atoms with E-state index < -0.39 is 0 Å². The predicted octanol–water partition coefficient (Wildman–Crippen LogP) is 3.59. The number of nitrogens with zero attached hydrogens (tertiary/aromatic N) is 3. The van der Waals surface area contributed by atoms with Gasteiger partial charge in [0.25, 0.3) is 0 Å². The highest BCUT2D eigenvalue weighted by Gasteiger charge is 2.10. The van der Waals surface area contributed by atoms with Crippen LogP contribution in [0.4, 0.5) is 0 Å². The van der Waals surface area contributed by atoms with Crippen LogP contribution in [0.1, 0.15) is 13.3 Å². The van der Waals surface area contributed by atoms with Gasteiger partial charge >= 0.3 is 0 Å². The average Bonchev–Trinajstić information content (AvgIpc) is 2.95. The van der Waals surface area contributed by atoms with E-state index >= 15 is 0 Å². The topological polar surface area (TPSA) is 72.9 Å². The fraction of sp³-hybridized carbons (Fsp3) is 0.214. The van der Waals surface area contributed by atoms with Gasteiger partial charge in [0.2, 0.25) is 11.2 Å². The Balaban J connectivity index is 1.83. The molecule has 21 heavy (non-hydrogen) atoms. The van der Waals surface area contributed by atoms with Crippen LogP contribution in [-0.2, 0) is 0 Å². The summed E-state index contributed by atoms with van der Waals surface area (Å²) in [5.41, 5.74) is 0.535. The molecule has 0 fully saturated rings. The number of hydrogen-bond donors (Lipinski definition) is 1. The van der Waals surface area contributed by atoms with Crippen molar-refractivity contribution in [2.24, 2.45) is 0 Å². The van der Waals surface area contributed by atoms with Crippen LogP contribution < -0.4 is 9.47 Å². The number of fused-ring (bicyclic) bond motifs is 1. The Bertz CT molecular complexity index is 742. The molecule has 7 heteroatoms. The lowest BCUT2D eigenvalue weighted by Crippen LogP contribution is -1.95. The highest BCUT2D eigenvalue weighted by atomic mass is 35.5. The summed E-state index contributed by atoms with van der Waals surface area (Å²) >= 11 is 5.86. The van der Waals surface area contributed by atoms with Gasteiger partial charge in [-0.3, -0.25) is 5.10 Å². The molecule has 0 saturated carbocycles. The smallest absolute Gasteiger partial charge is 0.234 e. The van der Waals surface area contributed by atoms with Gasteiger partial charge < -0.3 is 9.47 Å². The Labute approximate surface area is 126 Å². The molecule has 2 aromatic heterocycles. The molecule has 108 valence electrons. The first kappa shape index (κ1) is 13.6. The van der Waals surface area contributed by atoms with Crippen LogP contribution in [0.25, 0.3) is 11.0 Å². The molecule has 0 spiro atoms. The van der Waals surface area contributed by atoms with Gasteiger partial charge in [0.1, 0.15) is 16.9 Å². The number of halogens is 1. The van der Waals surface area contributed by atoms with Crippen molar-refractivity contribution in [2.75, 3.05) is 6.61 Å². The number of aromatic amines is 1. The van der Waals surface area contributed by atoms with Crippen molar-refractivity contribution in [1.29, 1.82) is 0 Å². The third-order valence-corrected chi connectivity index (χ3v) is 2.93. The van der Waals surface area contributed by atoms with Crippen molar-refractivity contribution >= 4 is 22.6 Å². The molecule has 0 aliphatic heterocycles. The first-order valence-corrected chi connectivity index (χ1v) is 6.91. The van der Waals surface area contributed by atoms with Crippen LogP contribution in [0, 0.1) is 0 Å². The number of rotatable bonds is 5. The molecule has 0 amide bonds. The van der Waals surface area contributed by atoms with Crippen LogP contribution in [0.15, 0.2) is 30.5 Å².